The molecule has 0 spiro atoms. The number of halogens is 1. The fourth-order valence-corrected chi connectivity index (χ4v) is 4.89. The molecule has 3 N–H and O–H groups in total. The Morgan fingerprint density at radius 3 is 2.93 bits per heavy atom. The maximum Gasteiger partial charge on any atom is 0.165 e. The Kier molecular flexibility index (Phi) is 3.96. The van der Waals surface area contributed by atoms with Gasteiger partial charge in [-0.3, -0.25) is 0 Å². The molecule has 140 valence electrons. The van der Waals surface area contributed by atoms with Gasteiger partial charge in [0.25, 0.3) is 0 Å². The predicted molar refractivity (Wildman–Crippen MR) is 104 cm³/mol. The number of hydrogen-bond donors (Lipinski definition) is 3. The lowest BCUT2D eigenvalue weighted by molar-refractivity contribution is -0.00665. The van der Waals surface area contributed by atoms with E-state index >= 15 is 0 Å². The zero-order valence-electron chi connectivity index (χ0n) is 14.6. The number of hydrogen-bond acceptors (Lipinski definition) is 6. The van der Waals surface area contributed by atoms with E-state index in [1.807, 2.05) is 22.8 Å². The highest BCUT2D eigenvalue weighted by Gasteiger charge is 2.66. The minimum atomic E-state index is -0.670. The molecule has 2 saturated carbocycles. The van der Waals surface area contributed by atoms with E-state index in [9.17, 15) is 10.2 Å². The fourth-order valence-electron chi connectivity index (χ4n) is 4.45. The second kappa shape index (κ2) is 6.25. The van der Waals surface area contributed by atoms with Crippen LogP contribution in [0.3, 0.4) is 0 Å². The average Bonchev–Trinajstić information content (AvgIpc) is 3.09. The normalized spacial score (nSPS) is 29.1. The van der Waals surface area contributed by atoms with Crippen molar-refractivity contribution in [2.75, 3.05) is 5.32 Å². The van der Waals surface area contributed by atoms with E-state index in [4.69, 9.17) is 0 Å². The summed E-state index contributed by atoms with van der Waals surface area (Å²) in [6, 6.07) is 8.10. The number of fused-ring (bicyclic) bond motifs is 2. The first-order valence-corrected chi connectivity index (χ1v) is 9.86. The first-order chi connectivity index (χ1) is 13.1. The molecular formula is C19H20BrN5O2. The van der Waals surface area contributed by atoms with Crippen LogP contribution in [-0.4, -0.2) is 41.9 Å². The summed E-state index contributed by atoms with van der Waals surface area (Å²) in [5.41, 5.74) is 2.37. The molecule has 1 aromatic carbocycles. The highest BCUT2D eigenvalue weighted by atomic mass is 79.9. The molecule has 0 amide bonds. The van der Waals surface area contributed by atoms with Crippen LogP contribution in [0.5, 0.6) is 0 Å². The molecule has 0 unspecified atom stereocenters. The van der Waals surface area contributed by atoms with Gasteiger partial charge in [-0.25, -0.2) is 15.0 Å². The predicted octanol–water partition coefficient (Wildman–Crippen LogP) is 2.33. The number of rotatable bonds is 5. The number of aliphatic hydroxyl groups is 2. The maximum absolute atomic E-state index is 10.4. The molecule has 3 aromatic rings. The SMILES string of the molecule is O[C@@H]1C[C@@H]2C[C@]2(Cn2cnc3c(NCc4cccc(Br)c4)ncnc32)[C@@H]1O. The van der Waals surface area contributed by atoms with Gasteiger partial charge in [-0.1, -0.05) is 28.1 Å². The zero-order valence-corrected chi connectivity index (χ0v) is 16.2. The van der Waals surface area contributed by atoms with Crippen LogP contribution < -0.4 is 5.32 Å². The van der Waals surface area contributed by atoms with Crippen molar-refractivity contribution in [3.63, 3.8) is 0 Å². The second-order valence-electron chi connectivity index (χ2n) is 7.63. The maximum atomic E-state index is 10.4. The fraction of sp³-hybridized carbons (Fsp3) is 0.421. The van der Waals surface area contributed by atoms with Crippen molar-refractivity contribution >= 4 is 32.9 Å². The van der Waals surface area contributed by atoms with Crippen LogP contribution in [-0.2, 0) is 13.1 Å². The second-order valence-corrected chi connectivity index (χ2v) is 8.55. The summed E-state index contributed by atoms with van der Waals surface area (Å²) in [5.74, 6) is 1.08. The Hall–Kier alpha value is -2.03. The summed E-state index contributed by atoms with van der Waals surface area (Å²) >= 11 is 3.48. The van der Waals surface area contributed by atoms with Crippen LogP contribution in [0.25, 0.3) is 11.2 Å². The van der Waals surface area contributed by atoms with Crippen LogP contribution >= 0.6 is 15.9 Å². The number of anilines is 1. The number of nitrogens with one attached hydrogen (secondary N) is 1. The molecular weight excluding hydrogens is 410 g/mol. The van der Waals surface area contributed by atoms with Gasteiger partial charge in [-0.05, 0) is 36.5 Å². The van der Waals surface area contributed by atoms with Gasteiger partial charge >= 0.3 is 0 Å². The average molecular weight is 430 g/mol. The molecule has 0 aliphatic heterocycles. The van der Waals surface area contributed by atoms with Gasteiger partial charge in [0.15, 0.2) is 11.5 Å². The number of imidazole rings is 1. The topological polar surface area (TPSA) is 96.1 Å². The van der Waals surface area contributed by atoms with Crippen LogP contribution in [0, 0.1) is 11.3 Å². The third-order valence-corrected chi connectivity index (χ3v) is 6.47. The first-order valence-electron chi connectivity index (χ1n) is 9.07. The van der Waals surface area contributed by atoms with E-state index in [1.165, 1.54) is 6.33 Å². The summed E-state index contributed by atoms with van der Waals surface area (Å²) in [6.45, 7) is 1.25. The van der Waals surface area contributed by atoms with Gasteiger partial charge in [0, 0.05) is 23.0 Å². The molecule has 27 heavy (non-hydrogen) atoms. The van der Waals surface area contributed by atoms with Crippen molar-refractivity contribution in [1.29, 1.82) is 0 Å². The highest BCUT2D eigenvalue weighted by Crippen LogP contribution is 2.64. The molecule has 0 radical (unpaired) electrons. The van der Waals surface area contributed by atoms with Gasteiger partial charge in [0.2, 0.25) is 0 Å². The van der Waals surface area contributed by atoms with Crippen LogP contribution in [0.2, 0.25) is 0 Å². The van der Waals surface area contributed by atoms with E-state index in [1.54, 1.807) is 6.33 Å². The molecule has 2 heterocycles. The van der Waals surface area contributed by atoms with Gasteiger partial charge in [-0.2, -0.15) is 0 Å². The lowest BCUT2D eigenvalue weighted by Crippen LogP contribution is -2.32. The van der Waals surface area contributed by atoms with Gasteiger partial charge < -0.3 is 20.1 Å². The van der Waals surface area contributed by atoms with Crippen molar-refractivity contribution in [3.05, 3.63) is 47.0 Å². The van der Waals surface area contributed by atoms with E-state index in [0.29, 0.717) is 36.8 Å². The molecule has 2 fully saturated rings. The Morgan fingerprint density at radius 2 is 2.15 bits per heavy atom. The number of aromatic nitrogens is 4. The molecule has 0 saturated heterocycles. The van der Waals surface area contributed by atoms with E-state index < -0.39 is 12.2 Å². The highest BCUT2D eigenvalue weighted by molar-refractivity contribution is 9.10. The number of benzene rings is 1. The van der Waals surface area contributed by atoms with Crippen molar-refractivity contribution < 1.29 is 10.2 Å². The molecule has 5 rings (SSSR count). The lowest BCUT2D eigenvalue weighted by atomic mass is 9.99. The van der Waals surface area contributed by atoms with Gasteiger partial charge in [-0.15, -0.1) is 0 Å². The minimum absolute atomic E-state index is 0.234. The summed E-state index contributed by atoms with van der Waals surface area (Å²) in [4.78, 5) is 13.3. The molecule has 2 aromatic heterocycles. The van der Waals surface area contributed by atoms with E-state index in [2.05, 4.69) is 42.3 Å². The largest absolute Gasteiger partial charge is 0.390 e. The molecule has 4 atom stereocenters. The Morgan fingerprint density at radius 1 is 1.26 bits per heavy atom. The molecule has 2 aliphatic carbocycles. The monoisotopic (exact) mass is 429 g/mol. The summed E-state index contributed by atoms with van der Waals surface area (Å²) in [7, 11) is 0. The Balaban J connectivity index is 1.39. The third-order valence-electron chi connectivity index (χ3n) is 5.97. The lowest BCUT2D eigenvalue weighted by Gasteiger charge is -2.21. The first kappa shape index (κ1) is 17.1. The standard InChI is InChI=1S/C19H20BrN5O2/c20-13-3-1-2-11(4-13)7-21-17-15-18(23-9-22-17)25(10-24-15)8-19-6-12(19)5-14(26)16(19)27/h1-4,9-10,12,14,16,26-27H,5-8H2,(H,21,22,23)/t12-,14-,16-,19-/m1/s1. The zero-order chi connectivity index (χ0) is 18.6. The molecule has 8 heteroatoms. The van der Waals surface area contributed by atoms with Crippen LogP contribution in [0.4, 0.5) is 5.82 Å². The van der Waals surface area contributed by atoms with Gasteiger partial charge in [0.1, 0.15) is 11.8 Å². The van der Waals surface area contributed by atoms with Gasteiger partial charge in [0.05, 0.1) is 18.5 Å². The van der Waals surface area contributed by atoms with Crippen molar-refractivity contribution in [3.8, 4) is 0 Å². The number of nitrogens with zero attached hydrogens (tertiary/aromatic N) is 4. The minimum Gasteiger partial charge on any atom is -0.390 e. The summed E-state index contributed by atoms with van der Waals surface area (Å²) in [5, 5.41) is 23.7. The Bertz CT molecular complexity index is 1010. The van der Waals surface area contributed by atoms with Crippen molar-refractivity contribution in [1.82, 2.24) is 19.5 Å². The van der Waals surface area contributed by atoms with E-state index in [-0.39, 0.29) is 5.41 Å². The smallest absolute Gasteiger partial charge is 0.165 e. The van der Waals surface area contributed by atoms with E-state index in [0.717, 1.165) is 22.1 Å². The molecule has 7 nitrogen and oxygen atoms in total. The summed E-state index contributed by atoms with van der Waals surface area (Å²) in [6.07, 6.45) is 3.63. The van der Waals surface area contributed by atoms with Crippen molar-refractivity contribution in [2.24, 2.45) is 11.3 Å². The van der Waals surface area contributed by atoms with Crippen LogP contribution in [0.15, 0.2) is 41.4 Å². The van der Waals surface area contributed by atoms with Crippen LogP contribution in [0.1, 0.15) is 18.4 Å². The Labute approximate surface area is 164 Å². The molecule has 0 bridgehead atoms. The third kappa shape index (κ3) is 2.83. The summed E-state index contributed by atoms with van der Waals surface area (Å²) < 4.78 is 3.01. The van der Waals surface area contributed by atoms with Crippen molar-refractivity contribution in [2.45, 2.75) is 38.1 Å². The quantitative estimate of drug-likeness (QED) is 0.575. The number of aliphatic hydroxyl groups excluding tert-OH is 2. The molecule has 2 aliphatic rings.